The fraction of sp³-hybridized carbons (Fsp3) is 0.600. The van der Waals surface area contributed by atoms with E-state index in [0.717, 1.165) is 5.82 Å². The minimum Gasteiger partial charge on any atom is -0.481 e. The Labute approximate surface area is 98.0 Å². The Hall–Kier alpha value is -1.92. The SMILES string of the molecule is O=C(O)CCCC(=O)N1CCn2cnnc2C1. The number of nitrogens with zero attached hydrogens (tertiary/aromatic N) is 4. The summed E-state index contributed by atoms with van der Waals surface area (Å²) in [6, 6.07) is 0. The number of aromatic nitrogens is 3. The van der Waals surface area contributed by atoms with E-state index in [1.54, 1.807) is 11.2 Å². The first-order valence-electron chi connectivity index (χ1n) is 5.53. The number of carbonyl (C=O) groups is 2. The molecule has 1 aliphatic heterocycles. The molecule has 0 bridgehead atoms. The van der Waals surface area contributed by atoms with Gasteiger partial charge in [-0.2, -0.15) is 0 Å². The zero-order chi connectivity index (χ0) is 12.3. The minimum absolute atomic E-state index is 0.0134. The Kier molecular flexibility index (Phi) is 3.36. The van der Waals surface area contributed by atoms with Crippen molar-refractivity contribution in [3.8, 4) is 0 Å². The number of hydrogen-bond acceptors (Lipinski definition) is 4. The van der Waals surface area contributed by atoms with Crippen LogP contribution in [0.4, 0.5) is 0 Å². The number of hydrogen-bond donors (Lipinski definition) is 1. The predicted molar refractivity (Wildman–Crippen MR) is 56.9 cm³/mol. The number of fused-ring (bicyclic) bond motifs is 1. The van der Waals surface area contributed by atoms with Crippen LogP contribution in [0.5, 0.6) is 0 Å². The van der Waals surface area contributed by atoms with Crippen molar-refractivity contribution >= 4 is 11.9 Å². The fourth-order valence-corrected chi connectivity index (χ4v) is 1.83. The van der Waals surface area contributed by atoms with Gasteiger partial charge in [0.1, 0.15) is 6.33 Å². The maximum atomic E-state index is 11.8. The highest BCUT2D eigenvalue weighted by Gasteiger charge is 2.21. The van der Waals surface area contributed by atoms with Crippen LogP contribution in [0.1, 0.15) is 25.1 Å². The van der Waals surface area contributed by atoms with Crippen molar-refractivity contribution in [2.45, 2.75) is 32.4 Å². The summed E-state index contributed by atoms with van der Waals surface area (Å²) >= 11 is 0. The molecule has 2 rings (SSSR count). The lowest BCUT2D eigenvalue weighted by atomic mass is 10.2. The third kappa shape index (κ3) is 2.80. The standard InChI is InChI=1S/C10H14N4O3/c15-9(2-1-3-10(16)17)13-4-5-14-7-11-12-8(14)6-13/h7H,1-6H2,(H,16,17). The second-order valence-electron chi connectivity index (χ2n) is 4.00. The zero-order valence-corrected chi connectivity index (χ0v) is 9.37. The molecule has 0 radical (unpaired) electrons. The fourth-order valence-electron chi connectivity index (χ4n) is 1.83. The van der Waals surface area contributed by atoms with E-state index in [-0.39, 0.29) is 18.7 Å². The Bertz CT molecular complexity index is 429. The third-order valence-electron chi connectivity index (χ3n) is 2.77. The molecule has 0 atom stereocenters. The van der Waals surface area contributed by atoms with Crippen molar-refractivity contribution in [3.05, 3.63) is 12.2 Å². The first-order chi connectivity index (χ1) is 8.16. The molecular weight excluding hydrogens is 224 g/mol. The van der Waals surface area contributed by atoms with Crippen molar-refractivity contribution in [1.29, 1.82) is 0 Å². The third-order valence-corrected chi connectivity index (χ3v) is 2.77. The number of aliphatic carboxylic acids is 1. The van der Waals surface area contributed by atoms with Crippen LogP contribution in [-0.2, 0) is 22.7 Å². The van der Waals surface area contributed by atoms with Gasteiger partial charge in [-0.3, -0.25) is 9.59 Å². The molecule has 0 saturated carbocycles. The monoisotopic (exact) mass is 238 g/mol. The van der Waals surface area contributed by atoms with Crippen LogP contribution in [0.2, 0.25) is 0 Å². The smallest absolute Gasteiger partial charge is 0.303 e. The molecule has 92 valence electrons. The van der Waals surface area contributed by atoms with E-state index in [2.05, 4.69) is 10.2 Å². The number of carboxylic acids is 1. The number of carbonyl (C=O) groups excluding carboxylic acids is 1. The second-order valence-corrected chi connectivity index (χ2v) is 4.00. The number of amides is 1. The average Bonchev–Trinajstić information content (AvgIpc) is 2.75. The molecule has 7 nitrogen and oxygen atoms in total. The van der Waals surface area contributed by atoms with Gasteiger partial charge in [0.15, 0.2) is 5.82 Å². The molecule has 1 aromatic heterocycles. The van der Waals surface area contributed by atoms with Gasteiger partial charge < -0.3 is 14.6 Å². The first-order valence-corrected chi connectivity index (χ1v) is 5.53. The Morgan fingerprint density at radius 2 is 2.18 bits per heavy atom. The molecule has 17 heavy (non-hydrogen) atoms. The maximum Gasteiger partial charge on any atom is 0.303 e. The molecule has 1 amide bonds. The van der Waals surface area contributed by atoms with E-state index in [1.807, 2.05) is 4.57 Å². The lowest BCUT2D eigenvalue weighted by Gasteiger charge is -2.27. The van der Waals surface area contributed by atoms with Crippen molar-refractivity contribution in [2.24, 2.45) is 0 Å². The lowest BCUT2D eigenvalue weighted by molar-refractivity contribution is -0.137. The van der Waals surface area contributed by atoms with Crippen molar-refractivity contribution < 1.29 is 14.7 Å². The second kappa shape index (κ2) is 4.94. The summed E-state index contributed by atoms with van der Waals surface area (Å²) < 4.78 is 1.92. The summed E-state index contributed by atoms with van der Waals surface area (Å²) in [6.07, 6.45) is 2.36. The Morgan fingerprint density at radius 3 is 2.94 bits per heavy atom. The van der Waals surface area contributed by atoms with Crippen molar-refractivity contribution in [2.75, 3.05) is 6.54 Å². The molecule has 0 fully saturated rings. The molecule has 1 aromatic rings. The van der Waals surface area contributed by atoms with Gasteiger partial charge >= 0.3 is 5.97 Å². The van der Waals surface area contributed by atoms with Gasteiger partial charge in [-0.1, -0.05) is 0 Å². The zero-order valence-electron chi connectivity index (χ0n) is 9.37. The van der Waals surface area contributed by atoms with Crippen molar-refractivity contribution in [3.63, 3.8) is 0 Å². The molecule has 0 saturated heterocycles. The topological polar surface area (TPSA) is 88.3 Å². The molecule has 0 unspecified atom stereocenters. The molecule has 1 aliphatic rings. The van der Waals surface area contributed by atoms with Gasteiger partial charge in [0, 0.05) is 25.9 Å². The Balaban J connectivity index is 1.84. The molecule has 0 aliphatic carbocycles. The van der Waals surface area contributed by atoms with Crippen LogP contribution in [-0.4, -0.2) is 43.2 Å². The summed E-state index contributed by atoms with van der Waals surface area (Å²) in [5, 5.41) is 16.2. The molecule has 7 heteroatoms. The molecule has 2 heterocycles. The van der Waals surface area contributed by atoms with Crippen LogP contribution < -0.4 is 0 Å². The highest BCUT2D eigenvalue weighted by molar-refractivity contribution is 5.77. The van der Waals surface area contributed by atoms with Crippen LogP contribution >= 0.6 is 0 Å². The molecule has 0 spiro atoms. The normalized spacial score (nSPS) is 14.5. The van der Waals surface area contributed by atoms with Gasteiger partial charge in [0.25, 0.3) is 0 Å². The van der Waals surface area contributed by atoms with E-state index in [0.29, 0.717) is 26.1 Å². The van der Waals surface area contributed by atoms with Crippen LogP contribution in [0.15, 0.2) is 6.33 Å². The largest absolute Gasteiger partial charge is 0.481 e. The lowest BCUT2D eigenvalue weighted by Crippen LogP contribution is -2.38. The summed E-state index contributed by atoms with van der Waals surface area (Å²) in [4.78, 5) is 23.8. The number of carboxylic acid groups (broad SMARTS) is 1. The van der Waals surface area contributed by atoms with Crippen molar-refractivity contribution in [1.82, 2.24) is 19.7 Å². The first kappa shape index (κ1) is 11.6. The van der Waals surface area contributed by atoms with Crippen LogP contribution in [0, 0.1) is 0 Å². The highest BCUT2D eigenvalue weighted by Crippen LogP contribution is 2.11. The van der Waals surface area contributed by atoms with E-state index in [1.165, 1.54) is 0 Å². The van der Waals surface area contributed by atoms with E-state index in [4.69, 9.17) is 5.11 Å². The minimum atomic E-state index is -0.865. The molecular formula is C10H14N4O3. The summed E-state index contributed by atoms with van der Waals surface area (Å²) in [6.45, 7) is 1.80. The van der Waals surface area contributed by atoms with Gasteiger partial charge in [-0.05, 0) is 6.42 Å². The van der Waals surface area contributed by atoms with E-state index in [9.17, 15) is 9.59 Å². The highest BCUT2D eigenvalue weighted by atomic mass is 16.4. The van der Waals surface area contributed by atoms with Gasteiger partial charge in [0.05, 0.1) is 6.54 Å². The van der Waals surface area contributed by atoms with Gasteiger partial charge in [-0.15, -0.1) is 10.2 Å². The van der Waals surface area contributed by atoms with E-state index < -0.39 is 5.97 Å². The maximum absolute atomic E-state index is 11.8. The summed E-state index contributed by atoms with van der Waals surface area (Å²) in [7, 11) is 0. The van der Waals surface area contributed by atoms with Crippen LogP contribution in [0.3, 0.4) is 0 Å². The van der Waals surface area contributed by atoms with Gasteiger partial charge in [-0.25, -0.2) is 0 Å². The average molecular weight is 238 g/mol. The van der Waals surface area contributed by atoms with Gasteiger partial charge in [0.2, 0.25) is 5.91 Å². The Morgan fingerprint density at radius 1 is 1.35 bits per heavy atom. The summed E-state index contributed by atoms with van der Waals surface area (Å²) in [5.74, 6) is -0.0977. The van der Waals surface area contributed by atoms with E-state index >= 15 is 0 Å². The quantitative estimate of drug-likeness (QED) is 0.789. The summed E-state index contributed by atoms with van der Waals surface area (Å²) in [5.41, 5.74) is 0. The predicted octanol–water partition coefficient (Wildman–Crippen LogP) is -0.125. The van der Waals surface area contributed by atoms with Crippen LogP contribution in [0.25, 0.3) is 0 Å². The molecule has 0 aromatic carbocycles. The number of rotatable bonds is 4. The molecule has 1 N–H and O–H groups in total.